The Bertz CT molecular complexity index is 2030. The van der Waals surface area contributed by atoms with Crippen LogP contribution in [0.1, 0.15) is 54.3 Å². The van der Waals surface area contributed by atoms with Gasteiger partial charge in [0.2, 0.25) is 0 Å². The first-order chi connectivity index (χ1) is 25.7. The highest BCUT2D eigenvalue weighted by Gasteiger charge is 2.26. The largest absolute Gasteiger partial charge is 0.393 e. The number of anilines is 4. The van der Waals surface area contributed by atoms with Gasteiger partial charge in [-0.1, -0.05) is 23.2 Å². The normalized spacial score (nSPS) is 11.7. The molecule has 0 spiro atoms. The summed E-state index contributed by atoms with van der Waals surface area (Å²) >= 11 is 16.2. The molecule has 4 aromatic carbocycles. The van der Waals surface area contributed by atoms with Crippen LogP contribution in [0.5, 0.6) is 0 Å². The van der Waals surface area contributed by atoms with Crippen LogP contribution in [0.3, 0.4) is 0 Å². The molecular weight excluding hydrogens is 1010 g/mol. The fourth-order valence-corrected chi connectivity index (χ4v) is 5.92. The van der Waals surface area contributed by atoms with E-state index in [-0.39, 0.29) is 47.5 Å². The average molecular weight is 1040 g/mol. The summed E-state index contributed by atoms with van der Waals surface area (Å²) in [5.74, 6) is -11.7. The van der Waals surface area contributed by atoms with Gasteiger partial charge in [0, 0.05) is 13.6 Å². The summed E-state index contributed by atoms with van der Waals surface area (Å²) in [5.41, 5.74) is 1.17. The monoisotopic (exact) mass is 1040 g/mol. The van der Waals surface area contributed by atoms with E-state index in [2.05, 4.69) is 10.6 Å². The number of carbonyl (C=O) groups is 2. The average Bonchev–Trinajstić information content (AvgIpc) is 3.10. The molecule has 10 nitrogen and oxygen atoms in total. The van der Waals surface area contributed by atoms with Gasteiger partial charge >= 0.3 is 0 Å². The molecular formula is C35H32Cl2F6I2N4O6. The first-order valence-corrected chi connectivity index (χ1v) is 18.6. The third kappa shape index (κ3) is 13.8. The van der Waals surface area contributed by atoms with Crippen molar-refractivity contribution in [2.75, 3.05) is 23.8 Å². The number of hydrogen-bond donors (Lipinski definition) is 6. The lowest BCUT2D eigenvalue weighted by atomic mass is 10.1. The van der Waals surface area contributed by atoms with Gasteiger partial charge in [0.15, 0.2) is 34.9 Å². The van der Waals surface area contributed by atoms with E-state index < -0.39 is 80.9 Å². The lowest BCUT2D eigenvalue weighted by Crippen LogP contribution is -2.29. The summed E-state index contributed by atoms with van der Waals surface area (Å²) in [7, 11) is 0. The molecule has 2 amide bonds. The molecule has 0 heterocycles. The zero-order valence-corrected chi connectivity index (χ0v) is 34.7. The van der Waals surface area contributed by atoms with Crippen molar-refractivity contribution in [2.24, 2.45) is 0 Å². The van der Waals surface area contributed by atoms with Crippen molar-refractivity contribution in [3.05, 3.63) is 112 Å². The number of amides is 2. The van der Waals surface area contributed by atoms with Crippen molar-refractivity contribution >= 4 is 103 Å². The fourth-order valence-electron chi connectivity index (χ4n) is 4.12. The van der Waals surface area contributed by atoms with Crippen LogP contribution in [0.4, 0.5) is 49.1 Å². The molecule has 4 rings (SSSR count). The number of hydrogen-bond acceptors (Lipinski definition) is 8. The number of aliphatic hydroxyl groups excluding tert-OH is 1. The molecule has 298 valence electrons. The summed E-state index contributed by atoms with van der Waals surface area (Å²) in [5, 5.41) is 24.2. The number of rotatable bonds is 14. The zero-order chi connectivity index (χ0) is 41.2. The number of carbonyl (C=O) groups excluding carboxylic acids is 2. The van der Waals surface area contributed by atoms with E-state index in [4.69, 9.17) is 38.0 Å². The Labute approximate surface area is 348 Å². The summed E-state index contributed by atoms with van der Waals surface area (Å²) in [6.45, 7) is 4.56. The van der Waals surface area contributed by atoms with Crippen LogP contribution < -0.4 is 21.6 Å². The topological polar surface area (TPSA) is 141 Å². The van der Waals surface area contributed by atoms with Gasteiger partial charge in [0.05, 0.1) is 68.8 Å². The smallest absolute Gasteiger partial charge is 0.277 e. The number of halogens is 10. The molecule has 20 heteroatoms. The van der Waals surface area contributed by atoms with Gasteiger partial charge in [-0.05, 0) is 121 Å². The molecule has 0 aliphatic rings. The Hall–Kier alpha value is -3.12. The Kier molecular flexibility index (Phi) is 17.6. The molecule has 4 aromatic rings. The van der Waals surface area contributed by atoms with E-state index in [1.165, 1.54) is 19.1 Å². The second-order valence-electron chi connectivity index (χ2n) is 12.1. The minimum atomic E-state index is -1.73. The third-order valence-corrected chi connectivity index (χ3v) is 8.95. The van der Waals surface area contributed by atoms with E-state index in [0.29, 0.717) is 12.1 Å². The van der Waals surface area contributed by atoms with E-state index in [0.717, 1.165) is 7.14 Å². The van der Waals surface area contributed by atoms with Gasteiger partial charge in [0.1, 0.15) is 0 Å². The van der Waals surface area contributed by atoms with Gasteiger partial charge in [-0.3, -0.25) is 19.3 Å². The minimum absolute atomic E-state index is 0.0265. The highest BCUT2D eigenvalue weighted by molar-refractivity contribution is 14.1. The van der Waals surface area contributed by atoms with Crippen molar-refractivity contribution in [3.63, 3.8) is 0 Å². The number of nitrogens with one attached hydrogen (secondary N) is 4. The molecule has 0 aliphatic carbocycles. The van der Waals surface area contributed by atoms with Crippen molar-refractivity contribution in [1.82, 2.24) is 11.0 Å². The molecule has 6 N–H and O–H groups in total. The van der Waals surface area contributed by atoms with Gasteiger partial charge in [-0.25, -0.2) is 37.3 Å². The standard InChI is InChI=1S/C18H17ClF3IN2O3.C17H15ClF3IN2O3/c1-18(2,27)5-6-28-25-17(26)10-8-12(20)14(21)15(22)16(10)24-13-4-3-9(23)7-11(13)19;1-8(25)4-5-27-24-17(26)10-7-12(19)14(20)15(21)16(10)23-13-3-2-9(22)6-11(13)18/h3-4,7-8,24,27H,5-6H2,1-2H3,(H,25,26);2-3,6-8,23,25H,4-5H2,1H3,(H,24,26). The minimum Gasteiger partial charge on any atom is -0.393 e. The van der Waals surface area contributed by atoms with Gasteiger partial charge in [-0.15, -0.1) is 0 Å². The first-order valence-electron chi connectivity index (χ1n) is 15.7. The molecule has 0 bridgehead atoms. The van der Waals surface area contributed by atoms with Gasteiger partial charge in [-0.2, -0.15) is 0 Å². The lowest BCUT2D eigenvalue weighted by Gasteiger charge is -2.17. The molecule has 0 radical (unpaired) electrons. The quantitative estimate of drug-likeness (QED) is 0.0242. The summed E-state index contributed by atoms with van der Waals surface area (Å²) in [4.78, 5) is 34.3. The van der Waals surface area contributed by atoms with Crippen LogP contribution in [0.2, 0.25) is 10.0 Å². The van der Waals surface area contributed by atoms with Crippen molar-refractivity contribution in [3.8, 4) is 0 Å². The number of benzene rings is 4. The Morgan fingerprint density at radius 1 is 0.727 bits per heavy atom. The molecule has 1 unspecified atom stereocenters. The Morgan fingerprint density at radius 3 is 1.49 bits per heavy atom. The number of aliphatic hydroxyl groups is 2. The molecule has 0 aromatic heterocycles. The predicted molar refractivity (Wildman–Crippen MR) is 212 cm³/mol. The Balaban J connectivity index is 0.000000296. The highest BCUT2D eigenvalue weighted by atomic mass is 127. The molecule has 55 heavy (non-hydrogen) atoms. The fraction of sp³-hybridized carbons (Fsp3) is 0.257. The van der Waals surface area contributed by atoms with E-state index in [1.807, 2.05) is 56.1 Å². The second-order valence-corrected chi connectivity index (χ2v) is 15.4. The van der Waals surface area contributed by atoms with Crippen LogP contribution in [0, 0.1) is 42.0 Å². The zero-order valence-electron chi connectivity index (χ0n) is 28.8. The van der Waals surface area contributed by atoms with E-state index >= 15 is 0 Å². The van der Waals surface area contributed by atoms with E-state index in [1.54, 1.807) is 38.1 Å². The summed E-state index contributed by atoms with van der Waals surface area (Å²) < 4.78 is 85.0. The van der Waals surface area contributed by atoms with Crippen LogP contribution in [-0.4, -0.2) is 46.9 Å². The van der Waals surface area contributed by atoms with Crippen LogP contribution in [-0.2, 0) is 9.68 Å². The molecule has 0 saturated carbocycles. The first kappa shape index (κ1) is 46.3. The summed E-state index contributed by atoms with van der Waals surface area (Å²) in [6, 6.07) is 10.6. The van der Waals surface area contributed by atoms with Crippen molar-refractivity contribution < 1.29 is 55.8 Å². The maximum atomic E-state index is 14.3. The van der Waals surface area contributed by atoms with Crippen LogP contribution >= 0.6 is 68.4 Å². The number of hydroxylamine groups is 2. The molecule has 0 saturated heterocycles. The maximum Gasteiger partial charge on any atom is 0.277 e. The maximum absolute atomic E-state index is 14.3. The van der Waals surface area contributed by atoms with Crippen LogP contribution in [0.25, 0.3) is 0 Å². The molecule has 1 atom stereocenters. The second kappa shape index (κ2) is 20.9. The predicted octanol–water partition coefficient (Wildman–Crippen LogP) is 9.47. The third-order valence-electron chi connectivity index (χ3n) is 6.98. The van der Waals surface area contributed by atoms with Crippen molar-refractivity contribution in [1.29, 1.82) is 0 Å². The van der Waals surface area contributed by atoms with E-state index in [9.17, 15) is 41.0 Å². The summed E-state index contributed by atoms with van der Waals surface area (Å²) in [6.07, 6.45) is -0.221. The van der Waals surface area contributed by atoms with Gasteiger partial charge in [0.25, 0.3) is 11.8 Å². The SMILES string of the molecule is CC(C)(O)CCONC(=O)c1cc(F)c(F)c(F)c1Nc1ccc(I)cc1Cl.CC(O)CCONC(=O)c1cc(F)c(F)c(F)c1Nc1ccc(I)cc1Cl. The highest BCUT2D eigenvalue weighted by Crippen LogP contribution is 2.34. The van der Waals surface area contributed by atoms with Crippen LogP contribution in [0.15, 0.2) is 48.5 Å². The molecule has 0 fully saturated rings. The van der Waals surface area contributed by atoms with Crippen molar-refractivity contribution in [2.45, 2.75) is 45.3 Å². The lowest BCUT2D eigenvalue weighted by molar-refractivity contribution is -0.00571. The molecule has 0 aliphatic heterocycles. The Morgan fingerprint density at radius 2 is 1.13 bits per heavy atom. The van der Waals surface area contributed by atoms with Gasteiger partial charge < -0.3 is 20.8 Å².